The van der Waals surface area contributed by atoms with Crippen molar-refractivity contribution in [3.63, 3.8) is 0 Å². The molecule has 66 valence electrons. The number of aliphatic hydroxyl groups is 1. The van der Waals surface area contributed by atoms with Crippen molar-refractivity contribution in [1.82, 2.24) is 4.90 Å². The van der Waals surface area contributed by atoms with E-state index in [0.717, 1.165) is 32.5 Å². The van der Waals surface area contributed by atoms with Crippen molar-refractivity contribution in [3.8, 4) is 0 Å². The van der Waals surface area contributed by atoms with Crippen LogP contribution >= 0.6 is 0 Å². The van der Waals surface area contributed by atoms with E-state index in [1.54, 1.807) is 0 Å². The quantitative estimate of drug-likeness (QED) is 0.666. The third-order valence-corrected chi connectivity index (χ3v) is 2.61. The summed E-state index contributed by atoms with van der Waals surface area (Å²) in [5, 5.41) is 9.86. The number of likely N-dealkylation sites (tertiary alicyclic amines) is 1. The molecule has 0 aromatic rings. The van der Waals surface area contributed by atoms with E-state index in [4.69, 9.17) is 0 Å². The summed E-state index contributed by atoms with van der Waals surface area (Å²) in [6, 6.07) is 0. The molecule has 0 radical (unpaired) electrons. The van der Waals surface area contributed by atoms with Crippen LogP contribution in [0.15, 0.2) is 0 Å². The van der Waals surface area contributed by atoms with Gasteiger partial charge in [0.1, 0.15) is 0 Å². The van der Waals surface area contributed by atoms with Crippen LogP contribution in [0.25, 0.3) is 0 Å². The highest BCUT2D eigenvalue weighted by molar-refractivity contribution is 4.88. The molecule has 1 rings (SSSR count). The van der Waals surface area contributed by atoms with Gasteiger partial charge in [0, 0.05) is 13.1 Å². The van der Waals surface area contributed by atoms with Crippen LogP contribution in [0.3, 0.4) is 0 Å². The summed E-state index contributed by atoms with van der Waals surface area (Å²) in [6.07, 6.45) is 3.05. The smallest absolute Gasteiger partial charge is 0.0783 e. The number of hydrogen-bond acceptors (Lipinski definition) is 2. The van der Waals surface area contributed by atoms with Crippen LogP contribution in [0.2, 0.25) is 0 Å². The molecule has 1 saturated heterocycles. The van der Waals surface area contributed by atoms with Gasteiger partial charge in [0.25, 0.3) is 0 Å². The van der Waals surface area contributed by atoms with Gasteiger partial charge in [-0.25, -0.2) is 0 Å². The Morgan fingerprint density at radius 3 is 2.64 bits per heavy atom. The maximum Gasteiger partial charge on any atom is 0.0783 e. The molecule has 2 nitrogen and oxygen atoms in total. The average Bonchev–Trinajstić information content (AvgIpc) is 2.35. The summed E-state index contributed by atoms with van der Waals surface area (Å²) in [4.78, 5) is 2.35. The Hall–Kier alpha value is -0.0800. The Labute approximate surface area is 69.2 Å². The molecule has 1 aliphatic heterocycles. The van der Waals surface area contributed by atoms with Crippen LogP contribution in [-0.2, 0) is 0 Å². The molecule has 0 spiro atoms. The molecule has 1 fully saturated rings. The van der Waals surface area contributed by atoms with E-state index >= 15 is 0 Å². The summed E-state index contributed by atoms with van der Waals surface area (Å²) >= 11 is 0. The van der Waals surface area contributed by atoms with Crippen molar-refractivity contribution in [3.05, 3.63) is 0 Å². The van der Waals surface area contributed by atoms with Gasteiger partial charge in [0.15, 0.2) is 0 Å². The molecule has 0 amide bonds. The SMILES string of the molecule is CCCN1CC[C@@](O)(CC)C1. The van der Waals surface area contributed by atoms with E-state index in [1.165, 1.54) is 6.42 Å². The van der Waals surface area contributed by atoms with Crippen molar-refractivity contribution in [2.75, 3.05) is 19.6 Å². The molecular weight excluding hydrogens is 138 g/mol. The largest absolute Gasteiger partial charge is 0.389 e. The molecule has 0 aromatic carbocycles. The number of hydrogen-bond donors (Lipinski definition) is 1. The van der Waals surface area contributed by atoms with Gasteiger partial charge < -0.3 is 10.0 Å². The molecule has 1 atom stereocenters. The third kappa shape index (κ3) is 2.17. The Bertz CT molecular complexity index is 127. The minimum absolute atomic E-state index is 0.366. The second-order valence-corrected chi connectivity index (χ2v) is 3.60. The lowest BCUT2D eigenvalue weighted by atomic mass is 10.0. The van der Waals surface area contributed by atoms with Crippen molar-refractivity contribution >= 4 is 0 Å². The number of β-amino-alcohol motifs (C(OH)–C–C–N with tert-alkyl or cyclic N) is 1. The van der Waals surface area contributed by atoms with Gasteiger partial charge in [-0.3, -0.25) is 0 Å². The fraction of sp³-hybridized carbons (Fsp3) is 1.00. The zero-order valence-electron chi connectivity index (χ0n) is 7.64. The Morgan fingerprint density at radius 1 is 1.45 bits per heavy atom. The maximum absolute atomic E-state index is 9.86. The van der Waals surface area contributed by atoms with Gasteiger partial charge in [-0.2, -0.15) is 0 Å². The van der Waals surface area contributed by atoms with E-state index in [2.05, 4.69) is 18.7 Å². The predicted octanol–water partition coefficient (Wildman–Crippen LogP) is 1.24. The predicted molar refractivity (Wildman–Crippen MR) is 46.6 cm³/mol. The lowest BCUT2D eigenvalue weighted by molar-refractivity contribution is 0.0455. The molecular formula is C9H19NO. The molecule has 11 heavy (non-hydrogen) atoms. The van der Waals surface area contributed by atoms with Crippen LogP contribution in [0, 0.1) is 0 Å². The fourth-order valence-corrected chi connectivity index (χ4v) is 1.74. The maximum atomic E-state index is 9.86. The summed E-state index contributed by atoms with van der Waals surface area (Å²) in [5.74, 6) is 0. The van der Waals surface area contributed by atoms with Crippen molar-refractivity contribution < 1.29 is 5.11 Å². The third-order valence-electron chi connectivity index (χ3n) is 2.61. The second kappa shape index (κ2) is 3.55. The molecule has 2 heteroatoms. The molecule has 0 bridgehead atoms. The van der Waals surface area contributed by atoms with Gasteiger partial charge in [-0.05, 0) is 25.8 Å². The zero-order chi connectivity index (χ0) is 8.32. The van der Waals surface area contributed by atoms with E-state index in [0.29, 0.717) is 0 Å². The lowest BCUT2D eigenvalue weighted by Crippen LogP contribution is -2.32. The van der Waals surface area contributed by atoms with Gasteiger partial charge in [-0.1, -0.05) is 13.8 Å². The van der Waals surface area contributed by atoms with Crippen molar-refractivity contribution in [1.29, 1.82) is 0 Å². The minimum atomic E-state index is -0.366. The van der Waals surface area contributed by atoms with Gasteiger partial charge in [0.05, 0.1) is 5.60 Å². The first-order valence-electron chi connectivity index (χ1n) is 4.65. The highest BCUT2D eigenvalue weighted by atomic mass is 16.3. The normalized spacial score (nSPS) is 33.0. The molecule has 0 saturated carbocycles. The van der Waals surface area contributed by atoms with E-state index in [-0.39, 0.29) is 5.60 Å². The second-order valence-electron chi connectivity index (χ2n) is 3.60. The fourth-order valence-electron chi connectivity index (χ4n) is 1.74. The first-order valence-corrected chi connectivity index (χ1v) is 4.65. The summed E-state index contributed by atoms with van der Waals surface area (Å²) in [6.45, 7) is 7.36. The summed E-state index contributed by atoms with van der Waals surface area (Å²) in [7, 11) is 0. The molecule has 0 aliphatic carbocycles. The van der Waals surface area contributed by atoms with Gasteiger partial charge in [0.2, 0.25) is 0 Å². The highest BCUT2D eigenvalue weighted by Crippen LogP contribution is 2.23. The van der Waals surface area contributed by atoms with Crippen LogP contribution < -0.4 is 0 Å². The highest BCUT2D eigenvalue weighted by Gasteiger charge is 2.33. The molecule has 0 aromatic heterocycles. The summed E-state index contributed by atoms with van der Waals surface area (Å²) in [5.41, 5.74) is -0.366. The zero-order valence-corrected chi connectivity index (χ0v) is 7.64. The van der Waals surface area contributed by atoms with Crippen molar-refractivity contribution in [2.24, 2.45) is 0 Å². The molecule has 1 N–H and O–H groups in total. The molecule has 1 aliphatic rings. The van der Waals surface area contributed by atoms with E-state index in [1.807, 2.05) is 0 Å². The lowest BCUT2D eigenvalue weighted by Gasteiger charge is -2.21. The average molecular weight is 157 g/mol. The van der Waals surface area contributed by atoms with Crippen molar-refractivity contribution in [2.45, 2.75) is 38.7 Å². The Kier molecular flexibility index (Phi) is 2.90. The van der Waals surface area contributed by atoms with Crippen LogP contribution in [0.4, 0.5) is 0 Å². The summed E-state index contributed by atoms with van der Waals surface area (Å²) < 4.78 is 0. The number of rotatable bonds is 3. The molecule has 1 heterocycles. The topological polar surface area (TPSA) is 23.5 Å². The molecule has 0 unspecified atom stereocenters. The standard InChI is InChI=1S/C9H19NO/c1-3-6-10-7-5-9(11,4-2)8-10/h11H,3-8H2,1-2H3/t9-/m0/s1. The van der Waals surface area contributed by atoms with Crippen LogP contribution in [0.1, 0.15) is 33.1 Å². The minimum Gasteiger partial charge on any atom is -0.389 e. The van der Waals surface area contributed by atoms with Crippen LogP contribution in [-0.4, -0.2) is 35.2 Å². The van der Waals surface area contributed by atoms with Gasteiger partial charge >= 0.3 is 0 Å². The number of nitrogens with zero attached hydrogens (tertiary/aromatic N) is 1. The van der Waals surface area contributed by atoms with E-state index in [9.17, 15) is 5.11 Å². The first-order chi connectivity index (χ1) is 5.20. The van der Waals surface area contributed by atoms with E-state index < -0.39 is 0 Å². The Morgan fingerprint density at radius 2 is 2.18 bits per heavy atom. The van der Waals surface area contributed by atoms with Gasteiger partial charge in [-0.15, -0.1) is 0 Å². The van der Waals surface area contributed by atoms with Crippen LogP contribution in [0.5, 0.6) is 0 Å². The monoisotopic (exact) mass is 157 g/mol. The Balaban J connectivity index is 2.33. The first kappa shape index (κ1) is 9.01.